The van der Waals surface area contributed by atoms with Crippen molar-refractivity contribution in [1.82, 2.24) is 5.32 Å². The average molecular weight is 291 g/mol. The Bertz CT molecular complexity index is 495. The molecule has 1 atom stereocenters. The third kappa shape index (κ3) is 5.58. The molecule has 4 heteroatoms. The molecule has 4 nitrogen and oxygen atoms in total. The zero-order chi connectivity index (χ0) is 16.3. The van der Waals surface area contributed by atoms with E-state index in [1.807, 2.05) is 18.2 Å². The fourth-order valence-corrected chi connectivity index (χ4v) is 1.63. The summed E-state index contributed by atoms with van der Waals surface area (Å²) < 4.78 is 5.41. The highest BCUT2D eigenvalue weighted by Gasteiger charge is 2.31. The van der Waals surface area contributed by atoms with Crippen molar-refractivity contribution in [3.63, 3.8) is 0 Å². The van der Waals surface area contributed by atoms with Crippen LogP contribution in [0.4, 0.5) is 0 Å². The average Bonchev–Trinajstić information content (AvgIpc) is 2.33. The minimum atomic E-state index is -0.794. The molecule has 1 rings (SSSR count). The standard InChI is InChI=1S/C17H25NO3/c1-16(2,3)15(20)18-13(12-10-8-7-9-11-12)14(19)21-17(4,5)6/h7-11,13H,1-6H3,(H,18,20)/t13-/m1/s1. The van der Waals surface area contributed by atoms with E-state index in [0.717, 1.165) is 0 Å². The third-order valence-corrected chi connectivity index (χ3v) is 2.73. The van der Waals surface area contributed by atoms with Gasteiger partial charge < -0.3 is 10.1 Å². The number of hydrogen-bond acceptors (Lipinski definition) is 3. The number of ether oxygens (including phenoxy) is 1. The SMILES string of the molecule is CC(C)(C)OC(=O)[C@H](NC(=O)C(C)(C)C)c1ccccc1. The fraction of sp³-hybridized carbons (Fsp3) is 0.529. The van der Waals surface area contributed by atoms with Crippen LogP contribution in [0.15, 0.2) is 30.3 Å². The zero-order valence-electron chi connectivity index (χ0n) is 13.7. The summed E-state index contributed by atoms with van der Waals surface area (Å²) in [5, 5.41) is 2.78. The smallest absolute Gasteiger partial charge is 0.333 e. The molecular weight excluding hydrogens is 266 g/mol. The summed E-state index contributed by atoms with van der Waals surface area (Å²) in [7, 11) is 0. The van der Waals surface area contributed by atoms with Gasteiger partial charge in [0.05, 0.1) is 0 Å². The first kappa shape index (κ1) is 17.2. The van der Waals surface area contributed by atoms with Crippen molar-refractivity contribution in [2.24, 2.45) is 5.41 Å². The van der Waals surface area contributed by atoms with E-state index in [9.17, 15) is 9.59 Å². The maximum Gasteiger partial charge on any atom is 0.333 e. The highest BCUT2D eigenvalue weighted by molar-refractivity contribution is 5.88. The van der Waals surface area contributed by atoms with Crippen LogP contribution >= 0.6 is 0 Å². The van der Waals surface area contributed by atoms with E-state index < -0.39 is 23.0 Å². The monoisotopic (exact) mass is 291 g/mol. The number of benzene rings is 1. The number of amides is 1. The van der Waals surface area contributed by atoms with Gasteiger partial charge in [-0.3, -0.25) is 4.79 Å². The molecule has 0 radical (unpaired) electrons. The summed E-state index contributed by atoms with van der Waals surface area (Å²) in [6.45, 7) is 10.8. The minimum absolute atomic E-state index is 0.192. The normalized spacial score (nSPS) is 13.4. The topological polar surface area (TPSA) is 55.4 Å². The maximum atomic E-state index is 12.4. The number of rotatable bonds is 3. The van der Waals surface area contributed by atoms with Crippen LogP contribution < -0.4 is 5.32 Å². The molecule has 1 N–H and O–H groups in total. The summed E-state index contributed by atoms with van der Waals surface area (Å²) in [6, 6.07) is 8.33. The van der Waals surface area contributed by atoms with Crippen LogP contribution in [0.25, 0.3) is 0 Å². The van der Waals surface area contributed by atoms with Gasteiger partial charge in [-0.05, 0) is 26.3 Å². The summed E-state index contributed by atoms with van der Waals surface area (Å²) in [5.41, 5.74) is -0.463. The van der Waals surface area contributed by atoms with Crippen LogP contribution in [0, 0.1) is 5.41 Å². The second kappa shape index (κ2) is 6.29. The molecule has 0 bridgehead atoms. The van der Waals surface area contributed by atoms with E-state index in [2.05, 4.69) is 5.32 Å². The fourth-order valence-electron chi connectivity index (χ4n) is 1.63. The molecule has 21 heavy (non-hydrogen) atoms. The summed E-state index contributed by atoms with van der Waals surface area (Å²) >= 11 is 0. The third-order valence-electron chi connectivity index (χ3n) is 2.73. The van der Waals surface area contributed by atoms with Crippen LogP contribution in [-0.2, 0) is 14.3 Å². The molecule has 0 unspecified atom stereocenters. The molecule has 1 aromatic carbocycles. The molecule has 0 saturated heterocycles. The molecule has 0 saturated carbocycles. The Labute approximate surface area is 126 Å². The largest absolute Gasteiger partial charge is 0.458 e. The number of nitrogens with one attached hydrogen (secondary N) is 1. The summed E-state index contributed by atoms with van der Waals surface area (Å²) in [6.07, 6.45) is 0. The van der Waals surface area contributed by atoms with Gasteiger partial charge in [-0.15, -0.1) is 0 Å². The van der Waals surface area contributed by atoms with Gasteiger partial charge in [0.25, 0.3) is 0 Å². The Kier molecular flexibility index (Phi) is 5.15. The van der Waals surface area contributed by atoms with E-state index >= 15 is 0 Å². The highest BCUT2D eigenvalue weighted by atomic mass is 16.6. The Morgan fingerprint density at radius 2 is 1.52 bits per heavy atom. The first-order valence-corrected chi connectivity index (χ1v) is 7.09. The lowest BCUT2D eigenvalue weighted by molar-refractivity contribution is -0.159. The molecule has 0 aromatic heterocycles. The van der Waals surface area contributed by atoms with E-state index in [-0.39, 0.29) is 5.91 Å². The van der Waals surface area contributed by atoms with Crippen LogP contribution in [-0.4, -0.2) is 17.5 Å². The molecule has 1 amide bonds. The van der Waals surface area contributed by atoms with E-state index in [4.69, 9.17) is 4.74 Å². The van der Waals surface area contributed by atoms with Gasteiger partial charge in [0.15, 0.2) is 6.04 Å². The molecular formula is C17H25NO3. The minimum Gasteiger partial charge on any atom is -0.458 e. The van der Waals surface area contributed by atoms with Crippen molar-refractivity contribution < 1.29 is 14.3 Å². The molecule has 0 aliphatic carbocycles. The number of esters is 1. The van der Waals surface area contributed by atoms with Crippen molar-refractivity contribution >= 4 is 11.9 Å². The van der Waals surface area contributed by atoms with Gasteiger partial charge in [0.1, 0.15) is 5.60 Å². The first-order valence-electron chi connectivity index (χ1n) is 7.09. The van der Waals surface area contributed by atoms with Gasteiger partial charge >= 0.3 is 5.97 Å². The number of carbonyl (C=O) groups excluding carboxylic acids is 2. The first-order chi connectivity index (χ1) is 9.50. The number of hydrogen-bond donors (Lipinski definition) is 1. The Morgan fingerprint density at radius 1 is 1.00 bits per heavy atom. The van der Waals surface area contributed by atoms with Crippen LogP contribution in [0.2, 0.25) is 0 Å². The van der Waals surface area contributed by atoms with E-state index in [0.29, 0.717) is 5.56 Å². The van der Waals surface area contributed by atoms with Crippen molar-refractivity contribution in [3.05, 3.63) is 35.9 Å². The molecule has 1 aromatic rings. The van der Waals surface area contributed by atoms with Crippen molar-refractivity contribution in [3.8, 4) is 0 Å². The van der Waals surface area contributed by atoms with Gasteiger partial charge in [-0.25, -0.2) is 4.79 Å². The highest BCUT2D eigenvalue weighted by Crippen LogP contribution is 2.21. The Hall–Kier alpha value is -1.84. The molecule has 0 fully saturated rings. The zero-order valence-corrected chi connectivity index (χ0v) is 13.7. The van der Waals surface area contributed by atoms with Gasteiger partial charge in [-0.1, -0.05) is 51.1 Å². The Balaban J connectivity index is 3.02. The lowest BCUT2D eigenvalue weighted by Gasteiger charge is -2.27. The van der Waals surface area contributed by atoms with Gasteiger partial charge in [0.2, 0.25) is 5.91 Å². The van der Waals surface area contributed by atoms with Gasteiger partial charge in [-0.2, -0.15) is 0 Å². The van der Waals surface area contributed by atoms with Crippen LogP contribution in [0.5, 0.6) is 0 Å². The van der Waals surface area contributed by atoms with Gasteiger partial charge in [0, 0.05) is 5.41 Å². The quantitative estimate of drug-likeness (QED) is 0.870. The summed E-state index contributed by atoms with van der Waals surface area (Å²) in [4.78, 5) is 24.6. The van der Waals surface area contributed by atoms with E-state index in [1.54, 1.807) is 53.7 Å². The lowest BCUT2D eigenvalue weighted by Crippen LogP contribution is -2.42. The Morgan fingerprint density at radius 3 is 1.95 bits per heavy atom. The second-order valence-electron chi connectivity index (χ2n) is 7.10. The predicted octanol–water partition coefficient (Wildman–Crippen LogP) is 3.23. The molecule has 0 spiro atoms. The van der Waals surface area contributed by atoms with Crippen molar-refractivity contribution in [2.75, 3.05) is 0 Å². The predicted molar refractivity (Wildman–Crippen MR) is 82.6 cm³/mol. The maximum absolute atomic E-state index is 12.4. The molecule has 0 heterocycles. The van der Waals surface area contributed by atoms with Crippen molar-refractivity contribution in [1.29, 1.82) is 0 Å². The van der Waals surface area contributed by atoms with Crippen molar-refractivity contribution in [2.45, 2.75) is 53.2 Å². The molecule has 0 aliphatic rings. The van der Waals surface area contributed by atoms with Crippen LogP contribution in [0.1, 0.15) is 53.1 Å². The summed E-state index contributed by atoms with van der Waals surface area (Å²) in [5.74, 6) is -0.645. The van der Waals surface area contributed by atoms with E-state index in [1.165, 1.54) is 0 Å². The molecule has 0 aliphatic heterocycles. The number of carbonyl (C=O) groups is 2. The molecule has 116 valence electrons. The second-order valence-corrected chi connectivity index (χ2v) is 7.10. The van der Waals surface area contributed by atoms with Crippen LogP contribution in [0.3, 0.4) is 0 Å². The lowest BCUT2D eigenvalue weighted by atomic mass is 9.94.